The summed E-state index contributed by atoms with van der Waals surface area (Å²) in [6, 6.07) is -0.866. The Hall–Kier alpha value is -1.79. The van der Waals surface area contributed by atoms with Gasteiger partial charge in [0.2, 0.25) is 5.91 Å². The molecule has 7 heteroatoms. The second-order valence-corrected chi connectivity index (χ2v) is 6.20. The van der Waals surface area contributed by atoms with Gasteiger partial charge in [-0.3, -0.25) is 9.59 Å². The van der Waals surface area contributed by atoms with Crippen molar-refractivity contribution in [2.45, 2.75) is 33.2 Å². The highest BCUT2D eigenvalue weighted by atomic mass is 16.4. The summed E-state index contributed by atoms with van der Waals surface area (Å²) in [5.41, 5.74) is -0.370. The second kappa shape index (κ2) is 6.11. The number of carbonyl (C=O) groups is 3. The highest BCUT2D eigenvalue weighted by molar-refractivity contribution is 5.85. The zero-order valence-electron chi connectivity index (χ0n) is 12.5. The first kappa shape index (κ1) is 16.3. The van der Waals surface area contributed by atoms with Gasteiger partial charge in [-0.25, -0.2) is 4.79 Å². The Bertz CT molecular complexity index is 403. The highest BCUT2D eigenvalue weighted by Gasteiger charge is 2.31. The molecule has 114 valence electrons. The number of rotatable bonds is 3. The SMILES string of the molecule is CN1CCN(C(=O)NC(CC(=O)O)C(C)(C)C)CC1=O. The van der Waals surface area contributed by atoms with Crippen molar-refractivity contribution in [3.8, 4) is 0 Å². The van der Waals surface area contributed by atoms with E-state index in [4.69, 9.17) is 5.11 Å². The second-order valence-electron chi connectivity index (χ2n) is 6.20. The number of carboxylic acid groups (broad SMARTS) is 1. The van der Waals surface area contributed by atoms with Gasteiger partial charge in [0.15, 0.2) is 0 Å². The molecule has 20 heavy (non-hydrogen) atoms. The van der Waals surface area contributed by atoms with E-state index in [0.717, 1.165) is 0 Å². The number of hydrogen-bond acceptors (Lipinski definition) is 3. The van der Waals surface area contributed by atoms with Gasteiger partial charge in [-0.2, -0.15) is 0 Å². The largest absolute Gasteiger partial charge is 0.481 e. The lowest BCUT2D eigenvalue weighted by molar-refractivity contribution is -0.138. The van der Waals surface area contributed by atoms with E-state index in [1.807, 2.05) is 20.8 Å². The third-order valence-corrected chi connectivity index (χ3v) is 3.47. The van der Waals surface area contributed by atoms with Gasteiger partial charge in [-0.15, -0.1) is 0 Å². The van der Waals surface area contributed by atoms with Crippen LogP contribution in [0.15, 0.2) is 0 Å². The Morgan fingerprint density at radius 3 is 2.40 bits per heavy atom. The summed E-state index contributed by atoms with van der Waals surface area (Å²) in [6.07, 6.45) is -0.142. The average Bonchev–Trinajstić information content (AvgIpc) is 2.30. The van der Waals surface area contributed by atoms with E-state index in [1.165, 1.54) is 4.90 Å². The Kier molecular flexibility index (Phi) is 4.97. The monoisotopic (exact) mass is 285 g/mol. The number of nitrogens with one attached hydrogen (secondary N) is 1. The Morgan fingerprint density at radius 2 is 1.95 bits per heavy atom. The van der Waals surface area contributed by atoms with Crippen molar-refractivity contribution in [1.29, 1.82) is 0 Å². The third kappa shape index (κ3) is 4.40. The molecule has 2 N–H and O–H groups in total. The van der Waals surface area contributed by atoms with E-state index < -0.39 is 12.0 Å². The number of urea groups is 1. The van der Waals surface area contributed by atoms with Gasteiger partial charge < -0.3 is 20.2 Å². The first-order chi connectivity index (χ1) is 9.11. The molecule has 0 aromatic carbocycles. The van der Waals surface area contributed by atoms with E-state index >= 15 is 0 Å². The van der Waals surface area contributed by atoms with Crippen LogP contribution in [0.5, 0.6) is 0 Å². The fourth-order valence-corrected chi connectivity index (χ4v) is 1.92. The number of carboxylic acids is 1. The van der Waals surface area contributed by atoms with Crippen LogP contribution in [0.4, 0.5) is 4.79 Å². The molecule has 0 radical (unpaired) electrons. The highest BCUT2D eigenvalue weighted by Crippen LogP contribution is 2.22. The first-order valence-corrected chi connectivity index (χ1v) is 6.62. The maximum absolute atomic E-state index is 12.1. The van der Waals surface area contributed by atoms with E-state index in [2.05, 4.69) is 5.32 Å². The fraction of sp³-hybridized carbons (Fsp3) is 0.769. The number of nitrogens with zero attached hydrogens (tertiary/aromatic N) is 2. The molecule has 0 aromatic heterocycles. The Labute approximate surface area is 118 Å². The van der Waals surface area contributed by atoms with E-state index in [0.29, 0.717) is 13.1 Å². The number of carbonyl (C=O) groups excluding carboxylic acids is 2. The van der Waals surface area contributed by atoms with E-state index in [9.17, 15) is 14.4 Å². The van der Waals surface area contributed by atoms with Crippen LogP contribution in [-0.4, -0.2) is 65.5 Å². The summed E-state index contributed by atoms with van der Waals surface area (Å²) in [5.74, 6) is -1.07. The van der Waals surface area contributed by atoms with Gasteiger partial charge in [-0.05, 0) is 5.41 Å². The van der Waals surface area contributed by atoms with Crippen molar-refractivity contribution in [2.24, 2.45) is 5.41 Å². The van der Waals surface area contributed by atoms with Crippen LogP contribution < -0.4 is 5.32 Å². The number of piperazine rings is 1. The van der Waals surface area contributed by atoms with Crippen LogP contribution in [0.3, 0.4) is 0 Å². The predicted octanol–water partition coefficient (Wildman–Crippen LogP) is 0.359. The Morgan fingerprint density at radius 1 is 1.35 bits per heavy atom. The van der Waals surface area contributed by atoms with Crippen LogP contribution in [0, 0.1) is 5.41 Å². The van der Waals surface area contributed by atoms with Crippen LogP contribution >= 0.6 is 0 Å². The van der Waals surface area contributed by atoms with Gasteiger partial charge in [0.25, 0.3) is 0 Å². The number of aliphatic carboxylic acids is 1. The molecule has 3 amide bonds. The minimum Gasteiger partial charge on any atom is -0.481 e. The standard InChI is InChI=1S/C13H23N3O4/c1-13(2,3)9(7-11(18)19)14-12(20)16-6-5-15(4)10(17)8-16/h9H,5-8H2,1-4H3,(H,14,20)(H,18,19). The molecular weight excluding hydrogens is 262 g/mol. The van der Waals surface area contributed by atoms with E-state index in [-0.39, 0.29) is 30.3 Å². The molecule has 0 bridgehead atoms. The van der Waals surface area contributed by atoms with Crippen molar-refractivity contribution in [3.05, 3.63) is 0 Å². The zero-order chi connectivity index (χ0) is 15.5. The molecule has 0 spiro atoms. The molecule has 0 aliphatic carbocycles. The van der Waals surface area contributed by atoms with Crippen molar-refractivity contribution in [1.82, 2.24) is 15.1 Å². The van der Waals surface area contributed by atoms with Crippen molar-refractivity contribution >= 4 is 17.9 Å². The summed E-state index contributed by atoms with van der Waals surface area (Å²) < 4.78 is 0. The maximum Gasteiger partial charge on any atom is 0.318 e. The summed E-state index contributed by atoms with van der Waals surface area (Å²) in [5, 5.41) is 11.7. The summed E-state index contributed by atoms with van der Waals surface area (Å²) in [4.78, 5) is 37.6. The topological polar surface area (TPSA) is 89.9 Å². The smallest absolute Gasteiger partial charge is 0.318 e. The lowest BCUT2D eigenvalue weighted by Crippen LogP contribution is -2.56. The molecule has 1 saturated heterocycles. The molecule has 1 fully saturated rings. The van der Waals surface area contributed by atoms with Gasteiger partial charge >= 0.3 is 12.0 Å². The lowest BCUT2D eigenvalue weighted by Gasteiger charge is -2.36. The van der Waals surface area contributed by atoms with E-state index in [1.54, 1.807) is 11.9 Å². The van der Waals surface area contributed by atoms with Gasteiger partial charge in [0.1, 0.15) is 6.54 Å². The molecule has 1 unspecified atom stereocenters. The Balaban J connectivity index is 2.67. The minimum absolute atomic E-state index is 0.0340. The lowest BCUT2D eigenvalue weighted by atomic mass is 9.85. The summed E-state index contributed by atoms with van der Waals surface area (Å²) in [7, 11) is 1.69. The zero-order valence-corrected chi connectivity index (χ0v) is 12.5. The molecular formula is C13H23N3O4. The van der Waals surface area contributed by atoms with Crippen LogP contribution in [0.25, 0.3) is 0 Å². The van der Waals surface area contributed by atoms with Gasteiger partial charge in [0.05, 0.1) is 6.42 Å². The average molecular weight is 285 g/mol. The fourth-order valence-electron chi connectivity index (χ4n) is 1.92. The molecule has 1 aliphatic rings. The summed E-state index contributed by atoms with van der Waals surface area (Å²) >= 11 is 0. The molecule has 1 atom stereocenters. The van der Waals surface area contributed by atoms with Crippen molar-refractivity contribution in [2.75, 3.05) is 26.7 Å². The molecule has 0 saturated carbocycles. The molecule has 1 aliphatic heterocycles. The normalized spacial score (nSPS) is 17.9. The minimum atomic E-state index is -0.959. The van der Waals surface area contributed by atoms with Crippen LogP contribution in [-0.2, 0) is 9.59 Å². The number of likely N-dealkylation sites (N-methyl/N-ethyl adjacent to an activating group) is 1. The molecule has 1 rings (SSSR count). The first-order valence-electron chi connectivity index (χ1n) is 6.62. The molecule has 0 aromatic rings. The number of amides is 3. The van der Waals surface area contributed by atoms with Crippen LogP contribution in [0.2, 0.25) is 0 Å². The summed E-state index contributed by atoms with van der Waals surface area (Å²) in [6.45, 7) is 6.59. The van der Waals surface area contributed by atoms with Crippen molar-refractivity contribution < 1.29 is 19.5 Å². The number of hydrogen-bond donors (Lipinski definition) is 2. The maximum atomic E-state index is 12.1. The third-order valence-electron chi connectivity index (χ3n) is 3.47. The predicted molar refractivity (Wildman–Crippen MR) is 73.2 cm³/mol. The van der Waals surface area contributed by atoms with Gasteiger partial charge in [0, 0.05) is 26.2 Å². The molecule has 1 heterocycles. The quantitative estimate of drug-likeness (QED) is 0.783. The van der Waals surface area contributed by atoms with Crippen LogP contribution in [0.1, 0.15) is 27.2 Å². The van der Waals surface area contributed by atoms with Crippen molar-refractivity contribution in [3.63, 3.8) is 0 Å². The van der Waals surface area contributed by atoms with Gasteiger partial charge in [-0.1, -0.05) is 20.8 Å². The molecule has 7 nitrogen and oxygen atoms in total.